The average molecular weight is 202 g/mol. The molecule has 2 heteroatoms. The Hall–Kier alpha value is -1.18. The maximum absolute atomic E-state index is 5.88. The van der Waals surface area contributed by atoms with Gasteiger partial charge in [0, 0.05) is 24.0 Å². The number of benzene rings is 1. The van der Waals surface area contributed by atoms with Crippen LogP contribution in [-0.4, -0.2) is 12.6 Å². The van der Waals surface area contributed by atoms with Crippen molar-refractivity contribution in [2.45, 2.75) is 38.1 Å². The fraction of sp³-hybridized carbons (Fsp3) is 0.538. The van der Waals surface area contributed by atoms with Gasteiger partial charge in [0.25, 0.3) is 0 Å². The Morgan fingerprint density at radius 2 is 2.07 bits per heavy atom. The van der Waals surface area contributed by atoms with E-state index < -0.39 is 0 Å². The number of rotatable bonds is 1. The Balaban J connectivity index is 1.96. The Morgan fingerprint density at radius 1 is 1.20 bits per heavy atom. The maximum Gasteiger partial charge on any atom is 0.0421 e. The van der Waals surface area contributed by atoms with Crippen LogP contribution in [-0.2, 0) is 6.42 Å². The van der Waals surface area contributed by atoms with Gasteiger partial charge in [0.1, 0.15) is 0 Å². The van der Waals surface area contributed by atoms with Crippen molar-refractivity contribution in [3.05, 3.63) is 23.8 Å². The first-order valence-electron chi connectivity index (χ1n) is 5.99. The van der Waals surface area contributed by atoms with Crippen molar-refractivity contribution < 1.29 is 0 Å². The molecule has 1 aromatic rings. The smallest absolute Gasteiger partial charge is 0.0421 e. The van der Waals surface area contributed by atoms with E-state index in [1.165, 1.54) is 49.9 Å². The molecule has 0 atom stereocenters. The minimum atomic E-state index is 0.797. The van der Waals surface area contributed by atoms with Crippen molar-refractivity contribution in [3.8, 4) is 0 Å². The molecule has 0 spiro atoms. The monoisotopic (exact) mass is 202 g/mol. The van der Waals surface area contributed by atoms with Crippen molar-refractivity contribution in [1.29, 1.82) is 0 Å². The Morgan fingerprint density at radius 3 is 2.80 bits per heavy atom. The molecule has 0 unspecified atom stereocenters. The van der Waals surface area contributed by atoms with Crippen LogP contribution in [0, 0.1) is 0 Å². The molecule has 1 fully saturated rings. The van der Waals surface area contributed by atoms with Gasteiger partial charge >= 0.3 is 0 Å². The quantitative estimate of drug-likeness (QED) is 0.709. The highest BCUT2D eigenvalue weighted by molar-refractivity contribution is 5.63. The van der Waals surface area contributed by atoms with Gasteiger partial charge in [-0.15, -0.1) is 0 Å². The maximum atomic E-state index is 5.88. The second-order valence-electron chi connectivity index (χ2n) is 4.77. The summed E-state index contributed by atoms with van der Waals surface area (Å²) in [7, 11) is 0. The number of hydrogen-bond acceptors (Lipinski definition) is 2. The van der Waals surface area contributed by atoms with Crippen LogP contribution >= 0.6 is 0 Å². The normalized spacial score (nSPS) is 20.9. The second kappa shape index (κ2) is 3.44. The van der Waals surface area contributed by atoms with Crippen LogP contribution in [0.2, 0.25) is 0 Å². The first kappa shape index (κ1) is 9.08. The van der Waals surface area contributed by atoms with Crippen molar-refractivity contribution in [2.24, 2.45) is 0 Å². The minimum Gasteiger partial charge on any atom is -0.399 e. The number of hydrogen-bond donors (Lipinski definition) is 1. The van der Waals surface area contributed by atoms with Gasteiger partial charge in [0.05, 0.1) is 0 Å². The summed E-state index contributed by atoms with van der Waals surface area (Å²) < 4.78 is 0. The number of nitrogens with zero attached hydrogens (tertiary/aromatic N) is 1. The first-order chi connectivity index (χ1) is 7.34. The molecule has 2 aliphatic rings. The van der Waals surface area contributed by atoms with Gasteiger partial charge in [-0.05, 0) is 49.8 Å². The molecular formula is C13H18N2. The van der Waals surface area contributed by atoms with E-state index in [0.29, 0.717) is 0 Å². The van der Waals surface area contributed by atoms with Crippen LogP contribution in [0.1, 0.15) is 31.2 Å². The van der Waals surface area contributed by atoms with Gasteiger partial charge in [-0.3, -0.25) is 0 Å². The highest BCUT2D eigenvalue weighted by Gasteiger charge is 2.28. The summed E-state index contributed by atoms with van der Waals surface area (Å²) in [6, 6.07) is 7.19. The summed E-state index contributed by atoms with van der Waals surface area (Å²) in [5.41, 5.74) is 9.68. The fourth-order valence-corrected chi connectivity index (χ4v) is 2.70. The highest BCUT2D eigenvalue weighted by atomic mass is 15.2. The largest absolute Gasteiger partial charge is 0.399 e. The SMILES string of the molecule is Nc1ccc2c(c1)N(C1CCC1)CCC2. The minimum absolute atomic E-state index is 0.797. The van der Waals surface area contributed by atoms with Crippen molar-refractivity contribution in [1.82, 2.24) is 0 Å². The van der Waals surface area contributed by atoms with Crippen molar-refractivity contribution in [2.75, 3.05) is 17.2 Å². The van der Waals surface area contributed by atoms with E-state index >= 15 is 0 Å². The summed E-state index contributed by atoms with van der Waals surface area (Å²) >= 11 is 0. The van der Waals surface area contributed by atoms with Gasteiger partial charge in [-0.25, -0.2) is 0 Å². The zero-order valence-electron chi connectivity index (χ0n) is 9.08. The van der Waals surface area contributed by atoms with Gasteiger partial charge in [0.15, 0.2) is 0 Å². The third kappa shape index (κ3) is 1.48. The third-order valence-electron chi connectivity index (χ3n) is 3.78. The molecular weight excluding hydrogens is 184 g/mol. The fourth-order valence-electron chi connectivity index (χ4n) is 2.70. The zero-order valence-corrected chi connectivity index (χ0v) is 9.08. The zero-order chi connectivity index (χ0) is 10.3. The van der Waals surface area contributed by atoms with Crippen LogP contribution in [0.4, 0.5) is 11.4 Å². The van der Waals surface area contributed by atoms with Crippen LogP contribution in [0.25, 0.3) is 0 Å². The molecule has 1 aliphatic heterocycles. The molecule has 15 heavy (non-hydrogen) atoms. The lowest BCUT2D eigenvalue weighted by Gasteiger charge is -2.42. The molecule has 2 nitrogen and oxygen atoms in total. The molecule has 1 heterocycles. The average Bonchev–Trinajstić information content (AvgIpc) is 2.16. The molecule has 0 aromatic heterocycles. The molecule has 0 amide bonds. The predicted molar refractivity (Wildman–Crippen MR) is 64.2 cm³/mol. The van der Waals surface area contributed by atoms with Gasteiger partial charge < -0.3 is 10.6 Å². The highest BCUT2D eigenvalue weighted by Crippen LogP contribution is 2.36. The van der Waals surface area contributed by atoms with E-state index in [2.05, 4.69) is 17.0 Å². The third-order valence-corrected chi connectivity index (χ3v) is 3.78. The molecule has 1 aliphatic carbocycles. The van der Waals surface area contributed by atoms with E-state index in [9.17, 15) is 0 Å². The molecule has 2 N–H and O–H groups in total. The predicted octanol–water partition coefficient (Wildman–Crippen LogP) is 2.57. The Labute approximate surface area is 91.1 Å². The van der Waals surface area contributed by atoms with Crippen molar-refractivity contribution >= 4 is 11.4 Å². The summed E-state index contributed by atoms with van der Waals surface area (Å²) in [5, 5.41) is 0. The van der Waals surface area contributed by atoms with Crippen LogP contribution < -0.4 is 10.6 Å². The van der Waals surface area contributed by atoms with E-state index in [0.717, 1.165) is 11.7 Å². The van der Waals surface area contributed by atoms with Crippen LogP contribution in [0.15, 0.2) is 18.2 Å². The summed E-state index contributed by atoms with van der Waals surface area (Å²) in [4.78, 5) is 2.58. The first-order valence-corrected chi connectivity index (χ1v) is 5.99. The number of nitrogen functional groups attached to an aromatic ring is 1. The van der Waals surface area contributed by atoms with Gasteiger partial charge in [-0.1, -0.05) is 6.07 Å². The van der Waals surface area contributed by atoms with E-state index in [1.54, 1.807) is 0 Å². The van der Waals surface area contributed by atoms with Gasteiger partial charge in [-0.2, -0.15) is 0 Å². The molecule has 1 saturated carbocycles. The number of fused-ring (bicyclic) bond motifs is 1. The molecule has 80 valence electrons. The van der Waals surface area contributed by atoms with E-state index in [4.69, 9.17) is 5.73 Å². The molecule has 1 aromatic carbocycles. The van der Waals surface area contributed by atoms with Crippen molar-refractivity contribution in [3.63, 3.8) is 0 Å². The second-order valence-corrected chi connectivity index (χ2v) is 4.77. The number of nitrogens with two attached hydrogens (primary N) is 1. The lowest BCUT2D eigenvalue weighted by molar-refractivity contribution is 0.379. The molecule has 0 radical (unpaired) electrons. The Kier molecular flexibility index (Phi) is 2.08. The van der Waals surface area contributed by atoms with Gasteiger partial charge in [0.2, 0.25) is 0 Å². The Bertz CT molecular complexity index is 369. The van der Waals surface area contributed by atoms with E-state index in [1.807, 2.05) is 6.07 Å². The lowest BCUT2D eigenvalue weighted by Crippen LogP contribution is -2.43. The summed E-state index contributed by atoms with van der Waals surface area (Å²) in [5.74, 6) is 0. The van der Waals surface area contributed by atoms with E-state index in [-0.39, 0.29) is 0 Å². The number of aryl methyl sites for hydroxylation is 1. The van der Waals surface area contributed by atoms with Crippen LogP contribution in [0.3, 0.4) is 0 Å². The standard InChI is InChI=1S/C13H18N2/c14-11-7-6-10-3-2-8-15(13(10)9-11)12-4-1-5-12/h6-7,9,12H,1-5,8,14H2. The molecule has 3 rings (SSSR count). The number of anilines is 2. The summed E-state index contributed by atoms with van der Waals surface area (Å²) in [6.07, 6.45) is 6.66. The molecule has 0 saturated heterocycles. The van der Waals surface area contributed by atoms with Crippen LogP contribution in [0.5, 0.6) is 0 Å². The summed E-state index contributed by atoms with van der Waals surface area (Å²) in [6.45, 7) is 1.22. The molecule has 0 bridgehead atoms. The topological polar surface area (TPSA) is 29.3 Å². The lowest BCUT2D eigenvalue weighted by atomic mass is 9.88.